The number of nitrogens with one attached hydrogen (secondary N) is 2. The van der Waals surface area contributed by atoms with Crippen LogP contribution in [-0.4, -0.2) is 13.0 Å². The van der Waals surface area contributed by atoms with Crippen LogP contribution in [0.1, 0.15) is 24.3 Å². The molecule has 0 amide bonds. The predicted octanol–water partition coefficient (Wildman–Crippen LogP) is 4.48. The largest absolute Gasteiger partial charge is 0.459 e. The van der Waals surface area contributed by atoms with Gasteiger partial charge in [-0.3, -0.25) is 4.99 Å². The number of aliphatic imine (C=N–C) groups is 1. The van der Waals surface area contributed by atoms with Crippen molar-refractivity contribution < 1.29 is 4.42 Å². The Labute approximate surface area is 159 Å². The van der Waals surface area contributed by atoms with Crippen LogP contribution in [0.5, 0.6) is 0 Å². The topological polar surface area (TPSA) is 49.6 Å². The van der Waals surface area contributed by atoms with E-state index in [1.54, 1.807) is 7.05 Å². The van der Waals surface area contributed by atoms with Gasteiger partial charge in [0.2, 0.25) is 0 Å². The van der Waals surface area contributed by atoms with Gasteiger partial charge in [0.05, 0.1) is 12.6 Å². The van der Waals surface area contributed by atoms with E-state index in [2.05, 4.69) is 40.7 Å². The van der Waals surface area contributed by atoms with Crippen LogP contribution >= 0.6 is 24.0 Å². The lowest BCUT2D eigenvalue weighted by Crippen LogP contribution is -2.38. The maximum Gasteiger partial charge on any atom is 0.191 e. The van der Waals surface area contributed by atoms with E-state index in [4.69, 9.17) is 4.42 Å². The molecule has 2 N–H and O–H groups in total. The van der Waals surface area contributed by atoms with E-state index in [0.29, 0.717) is 6.54 Å². The molecule has 1 atom stereocenters. The summed E-state index contributed by atoms with van der Waals surface area (Å²) in [7, 11) is 1.77. The zero-order valence-electron chi connectivity index (χ0n) is 13.8. The lowest BCUT2D eigenvalue weighted by atomic mass is 10.1. The summed E-state index contributed by atoms with van der Waals surface area (Å²) in [6, 6.07) is 20.5. The molecule has 24 heavy (non-hydrogen) atoms. The zero-order valence-corrected chi connectivity index (χ0v) is 16.2. The van der Waals surface area contributed by atoms with E-state index in [1.807, 2.05) is 42.5 Å². The summed E-state index contributed by atoms with van der Waals surface area (Å²) < 4.78 is 5.81. The standard InChI is InChI=1S/C19H21N3O.HI/c1-14(15-8-4-3-5-9-15)22-19(20-2)21-13-17-12-16-10-6-7-11-18(16)23-17;/h3-12,14H,13H2,1-2H3,(H2,20,21,22);1H. The van der Waals surface area contributed by atoms with Gasteiger partial charge in [0, 0.05) is 12.4 Å². The molecule has 0 aliphatic rings. The molecule has 0 saturated heterocycles. The second-order valence-corrected chi connectivity index (χ2v) is 5.45. The van der Waals surface area contributed by atoms with E-state index >= 15 is 0 Å². The Morgan fingerprint density at radius 2 is 1.79 bits per heavy atom. The van der Waals surface area contributed by atoms with Crippen LogP contribution in [0.15, 0.2) is 70.1 Å². The van der Waals surface area contributed by atoms with Gasteiger partial charge in [0.1, 0.15) is 11.3 Å². The van der Waals surface area contributed by atoms with Crippen LogP contribution in [0.4, 0.5) is 0 Å². The third kappa shape index (κ3) is 4.50. The minimum atomic E-state index is 0. The van der Waals surface area contributed by atoms with Crippen LogP contribution in [0, 0.1) is 0 Å². The smallest absolute Gasteiger partial charge is 0.191 e. The summed E-state index contributed by atoms with van der Waals surface area (Å²) in [5.41, 5.74) is 2.13. The minimum absolute atomic E-state index is 0. The Bertz CT molecular complexity index is 765. The average Bonchev–Trinajstić information content (AvgIpc) is 3.02. The first kappa shape index (κ1) is 18.3. The Morgan fingerprint density at radius 3 is 2.50 bits per heavy atom. The van der Waals surface area contributed by atoms with Gasteiger partial charge >= 0.3 is 0 Å². The highest BCUT2D eigenvalue weighted by Crippen LogP contribution is 2.18. The summed E-state index contributed by atoms with van der Waals surface area (Å²) in [5.74, 6) is 1.64. The molecule has 3 aromatic rings. The van der Waals surface area contributed by atoms with Crippen molar-refractivity contribution in [2.45, 2.75) is 19.5 Å². The zero-order chi connectivity index (χ0) is 16.1. The third-order valence-corrected chi connectivity index (χ3v) is 3.78. The van der Waals surface area contributed by atoms with E-state index in [1.165, 1.54) is 5.56 Å². The molecular weight excluding hydrogens is 413 g/mol. The number of nitrogens with zero attached hydrogens (tertiary/aromatic N) is 1. The van der Waals surface area contributed by atoms with E-state index in [-0.39, 0.29) is 30.0 Å². The number of hydrogen-bond donors (Lipinski definition) is 2. The van der Waals surface area contributed by atoms with Crippen molar-refractivity contribution in [3.05, 3.63) is 72.0 Å². The first-order chi connectivity index (χ1) is 11.3. The van der Waals surface area contributed by atoms with E-state index in [0.717, 1.165) is 22.7 Å². The molecule has 2 aromatic carbocycles. The van der Waals surface area contributed by atoms with Gasteiger partial charge in [0.25, 0.3) is 0 Å². The maximum absolute atomic E-state index is 5.81. The molecule has 1 heterocycles. The molecule has 0 radical (unpaired) electrons. The van der Waals surface area contributed by atoms with Crippen molar-refractivity contribution in [3.8, 4) is 0 Å². The fourth-order valence-electron chi connectivity index (χ4n) is 2.52. The number of furan rings is 1. The summed E-state index contributed by atoms with van der Waals surface area (Å²) in [4.78, 5) is 4.28. The summed E-state index contributed by atoms with van der Waals surface area (Å²) in [6.45, 7) is 2.71. The van der Waals surface area contributed by atoms with Crippen LogP contribution in [0.25, 0.3) is 11.0 Å². The Hall–Kier alpha value is -2.02. The lowest BCUT2D eigenvalue weighted by Gasteiger charge is -2.17. The van der Waals surface area contributed by atoms with E-state index < -0.39 is 0 Å². The van der Waals surface area contributed by atoms with Gasteiger partial charge in [-0.1, -0.05) is 48.5 Å². The lowest BCUT2D eigenvalue weighted by molar-refractivity contribution is 0.536. The molecule has 0 aliphatic carbocycles. The van der Waals surface area contributed by atoms with Crippen molar-refractivity contribution in [3.63, 3.8) is 0 Å². The van der Waals surface area contributed by atoms with Crippen LogP contribution in [-0.2, 0) is 6.54 Å². The molecule has 5 heteroatoms. The Balaban J connectivity index is 0.00000208. The molecular formula is C19H22IN3O. The Kier molecular flexibility index (Phi) is 6.66. The van der Waals surface area contributed by atoms with Crippen molar-refractivity contribution in [2.24, 2.45) is 4.99 Å². The second-order valence-electron chi connectivity index (χ2n) is 5.45. The highest BCUT2D eigenvalue weighted by Gasteiger charge is 2.08. The number of fused-ring (bicyclic) bond motifs is 1. The fraction of sp³-hybridized carbons (Fsp3) is 0.211. The molecule has 1 aromatic heterocycles. The predicted molar refractivity (Wildman–Crippen MR) is 110 cm³/mol. The molecule has 126 valence electrons. The molecule has 0 fully saturated rings. The summed E-state index contributed by atoms with van der Waals surface area (Å²) in [5, 5.41) is 7.79. The van der Waals surface area contributed by atoms with Crippen molar-refractivity contribution in [2.75, 3.05) is 7.05 Å². The molecule has 4 nitrogen and oxygen atoms in total. The number of benzene rings is 2. The van der Waals surface area contributed by atoms with Gasteiger partial charge in [-0.05, 0) is 24.6 Å². The van der Waals surface area contributed by atoms with Crippen molar-refractivity contribution in [1.29, 1.82) is 0 Å². The monoisotopic (exact) mass is 435 g/mol. The SMILES string of the molecule is CN=C(NCc1cc2ccccc2o1)NC(C)c1ccccc1.I. The molecule has 0 aliphatic heterocycles. The molecule has 0 bridgehead atoms. The van der Waals surface area contributed by atoms with Crippen LogP contribution in [0.2, 0.25) is 0 Å². The van der Waals surface area contributed by atoms with Gasteiger partial charge < -0.3 is 15.1 Å². The highest BCUT2D eigenvalue weighted by atomic mass is 127. The quantitative estimate of drug-likeness (QED) is 0.361. The normalized spacial score (nSPS) is 12.5. The minimum Gasteiger partial charge on any atom is -0.459 e. The first-order valence-electron chi connectivity index (χ1n) is 7.76. The molecule has 0 spiro atoms. The molecule has 0 saturated carbocycles. The summed E-state index contributed by atoms with van der Waals surface area (Å²) in [6.07, 6.45) is 0. The van der Waals surface area contributed by atoms with Gasteiger partial charge in [-0.2, -0.15) is 0 Å². The van der Waals surface area contributed by atoms with Gasteiger partial charge in [0.15, 0.2) is 5.96 Å². The van der Waals surface area contributed by atoms with E-state index in [9.17, 15) is 0 Å². The fourth-order valence-corrected chi connectivity index (χ4v) is 2.52. The number of rotatable bonds is 4. The van der Waals surface area contributed by atoms with Crippen molar-refractivity contribution >= 4 is 40.9 Å². The summed E-state index contributed by atoms with van der Waals surface area (Å²) >= 11 is 0. The second kappa shape index (κ2) is 8.73. The number of guanidine groups is 1. The maximum atomic E-state index is 5.81. The van der Waals surface area contributed by atoms with Gasteiger partial charge in [-0.25, -0.2) is 0 Å². The number of halogens is 1. The number of para-hydroxylation sites is 1. The third-order valence-electron chi connectivity index (χ3n) is 3.78. The Morgan fingerprint density at radius 1 is 1.08 bits per heavy atom. The number of hydrogen-bond acceptors (Lipinski definition) is 2. The van der Waals surface area contributed by atoms with Crippen LogP contribution in [0.3, 0.4) is 0 Å². The average molecular weight is 435 g/mol. The van der Waals surface area contributed by atoms with Gasteiger partial charge in [-0.15, -0.1) is 24.0 Å². The van der Waals surface area contributed by atoms with Crippen molar-refractivity contribution in [1.82, 2.24) is 10.6 Å². The highest BCUT2D eigenvalue weighted by molar-refractivity contribution is 14.0. The first-order valence-corrected chi connectivity index (χ1v) is 7.76. The molecule has 3 rings (SSSR count). The molecule has 1 unspecified atom stereocenters. The van der Waals surface area contributed by atoms with Crippen LogP contribution < -0.4 is 10.6 Å².